The van der Waals surface area contributed by atoms with Crippen molar-refractivity contribution >= 4 is 45.4 Å². The summed E-state index contributed by atoms with van der Waals surface area (Å²) < 4.78 is 8.27. The summed E-state index contributed by atoms with van der Waals surface area (Å²) in [5, 5.41) is 13.9. The maximum atomic E-state index is 4.33. The number of hydrogen-bond donors (Lipinski definition) is 4. The summed E-state index contributed by atoms with van der Waals surface area (Å²) in [7, 11) is 8.09. The molecule has 234 valence electrons. The number of nitrogens with zero attached hydrogens (tertiary/aromatic N) is 4. The quantitative estimate of drug-likeness (QED) is 0.140. The van der Waals surface area contributed by atoms with E-state index in [2.05, 4.69) is 135 Å². The molecule has 0 spiro atoms. The van der Waals surface area contributed by atoms with Crippen molar-refractivity contribution in [1.29, 1.82) is 0 Å². The lowest BCUT2D eigenvalue weighted by Crippen LogP contribution is -2.25. The molecule has 0 amide bonds. The summed E-state index contributed by atoms with van der Waals surface area (Å²) in [6, 6.07) is 8.37. The van der Waals surface area contributed by atoms with Crippen LogP contribution in [0.5, 0.6) is 0 Å². The Bertz CT molecular complexity index is 1730. The van der Waals surface area contributed by atoms with Gasteiger partial charge >= 0.3 is 0 Å². The van der Waals surface area contributed by atoms with Crippen LogP contribution >= 0.6 is 0 Å². The first-order chi connectivity index (χ1) is 20.3. The summed E-state index contributed by atoms with van der Waals surface area (Å²) in [4.78, 5) is 0. The van der Waals surface area contributed by atoms with E-state index in [1.54, 1.807) is 0 Å². The molecule has 4 aromatic heterocycles. The Morgan fingerprint density at radius 2 is 0.795 bits per heavy atom. The van der Waals surface area contributed by atoms with Crippen molar-refractivity contribution in [2.24, 2.45) is 33.6 Å². The molecular formula is C36H50N8. The first kappa shape index (κ1) is 32.2. The van der Waals surface area contributed by atoms with Gasteiger partial charge in [0.2, 0.25) is 0 Å². The fourth-order valence-corrected chi connectivity index (χ4v) is 5.26. The minimum Gasteiger partial charge on any atom is -0.379 e. The van der Waals surface area contributed by atoms with Crippen LogP contribution in [0, 0.1) is 5.41 Å². The second kappa shape index (κ2) is 11.8. The van der Waals surface area contributed by atoms with Gasteiger partial charge in [0.15, 0.2) is 0 Å². The van der Waals surface area contributed by atoms with E-state index in [0.29, 0.717) is 0 Å². The number of nitrogens with one attached hydrogen (secondary N) is 4. The van der Waals surface area contributed by atoms with E-state index < -0.39 is 0 Å². The zero-order chi connectivity index (χ0) is 32.7. The van der Waals surface area contributed by atoms with Crippen LogP contribution in [0.1, 0.15) is 64.3 Å². The normalized spacial score (nSPS) is 11.8. The van der Waals surface area contributed by atoms with E-state index in [1.165, 1.54) is 0 Å². The van der Waals surface area contributed by atoms with Gasteiger partial charge in [-0.15, -0.1) is 0 Å². The lowest BCUT2D eigenvalue weighted by atomic mass is 9.85. The highest BCUT2D eigenvalue weighted by molar-refractivity contribution is 5.82. The van der Waals surface area contributed by atoms with Crippen molar-refractivity contribution in [3.05, 3.63) is 98.1 Å². The molecule has 0 aromatic carbocycles. The van der Waals surface area contributed by atoms with Gasteiger partial charge in [-0.3, -0.25) is 0 Å². The molecule has 8 nitrogen and oxygen atoms in total. The summed E-state index contributed by atoms with van der Waals surface area (Å²) in [5.74, 6) is 0. The molecule has 8 heteroatoms. The van der Waals surface area contributed by atoms with Gasteiger partial charge in [-0.05, 0) is 56.0 Å². The molecule has 44 heavy (non-hydrogen) atoms. The van der Waals surface area contributed by atoms with E-state index in [-0.39, 0.29) is 11.0 Å². The number of anilines is 4. The van der Waals surface area contributed by atoms with E-state index >= 15 is 0 Å². The monoisotopic (exact) mass is 594 g/mol. The van der Waals surface area contributed by atoms with E-state index in [9.17, 15) is 0 Å². The first-order valence-corrected chi connectivity index (χ1v) is 14.8. The molecule has 4 rings (SSSR count). The molecule has 0 radical (unpaired) electrons. The summed E-state index contributed by atoms with van der Waals surface area (Å²) in [5.41, 5.74) is 11.4. The SMILES string of the molecule is C=C(Nc1cc(C(=C)Nc2cc(C(=C)C(C)(C)C)n(C)c2)n(C)c1)c1cc(NC(=C)c2cc(NC(C)(C)C)cn2C)cn1C. The molecule has 0 bridgehead atoms. The summed E-state index contributed by atoms with van der Waals surface area (Å²) in [6.07, 6.45) is 8.22. The van der Waals surface area contributed by atoms with E-state index in [4.69, 9.17) is 0 Å². The molecule has 4 heterocycles. The molecular weight excluding hydrogens is 544 g/mol. The molecule has 0 unspecified atom stereocenters. The van der Waals surface area contributed by atoms with Gasteiger partial charge < -0.3 is 39.5 Å². The van der Waals surface area contributed by atoms with Gasteiger partial charge in [0.25, 0.3) is 0 Å². The molecule has 0 saturated heterocycles. The smallest absolute Gasteiger partial charge is 0.0658 e. The van der Waals surface area contributed by atoms with Crippen LogP contribution in [0.15, 0.2) is 75.4 Å². The third-order valence-corrected chi connectivity index (χ3v) is 7.57. The second-order valence-electron chi connectivity index (χ2n) is 13.8. The second-order valence-corrected chi connectivity index (χ2v) is 13.8. The maximum Gasteiger partial charge on any atom is 0.0658 e. The molecule has 0 aliphatic carbocycles. The Morgan fingerprint density at radius 1 is 0.500 bits per heavy atom. The fraction of sp³-hybridized carbons (Fsp3) is 0.333. The largest absolute Gasteiger partial charge is 0.379 e. The number of aryl methyl sites for hydroxylation is 4. The first-order valence-electron chi connectivity index (χ1n) is 14.8. The third kappa shape index (κ3) is 7.25. The molecule has 0 saturated carbocycles. The predicted octanol–water partition coefficient (Wildman–Crippen LogP) is 8.56. The third-order valence-electron chi connectivity index (χ3n) is 7.57. The molecule has 4 aromatic rings. The lowest BCUT2D eigenvalue weighted by Gasteiger charge is -2.22. The zero-order valence-corrected chi connectivity index (χ0v) is 28.2. The topological polar surface area (TPSA) is 67.8 Å². The predicted molar refractivity (Wildman–Crippen MR) is 191 cm³/mol. The van der Waals surface area contributed by atoms with Crippen LogP contribution in [0.4, 0.5) is 22.7 Å². The Hall–Kier alpha value is -4.72. The zero-order valence-electron chi connectivity index (χ0n) is 28.2. The van der Waals surface area contributed by atoms with Crippen LogP contribution in [0.2, 0.25) is 0 Å². The summed E-state index contributed by atoms with van der Waals surface area (Å²) >= 11 is 0. The minimum atomic E-state index is -0.0216. The number of rotatable bonds is 11. The number of hydrogen-bond acceptors (Lipinski definition) is 4. The Kier molecular flexibility index (Phi) is 8.60. The van der Waals surface area contributed by atoms with Crippen molar-refractivity contribution in [2.75, 3.05) is 21.3 Å². The van der Waals surface area contributed by atoms with Gasteiger partial charge in [0, 0.05) is 64.2 Å². The van der Waals surface area contributed by atoms with Crippen LogP contribution < -0.4 is 21.3 Å². The highest BCUT2D eigenvalue weighted by atomic mass is 15.1. The minimum absolute atomic E-state index is 0.0139. The molecule has 0 aliphatic rings. The van der Waals surface area contributed by atoms with Crippen molar-refractivity contribution in [3.8, 4) is 0 Å². The van der Waals surface area contributed by atoms with Gasteiger partial charge in [-0.2, -0.15) is 0 Å². The van der Waals surface area contributed by atoms with Gasteiger partial charge in [0.05, 0.1) is 56.9 Å². The van der Waals surface area contributed by atoms with E-state index in [1.807, 2.05) is 49.7 Å². The van der Waals surface area contributed by atoms with Gasteiger partial charge in [-0.25, -0.2) is 0 Å². The van der Waals surface area contributed by atoms with Crippen LogP contribution in [0.3, 0.4) is 0 Å². The number of aromatic nitrogens is 4. The molecule has 0 aliphatic heterocycles. The average Bonchev–Trinajstić information content (AvgIpc) is 3.63. The average molecular weight is 595 g/mol. The van der Waals surface area contributed by atoms with Crippen LogP contribution in [0.25, 0.3) is 22.7 Å². The Balaban J connectivity index is 1.42. The summed E-state index contributed by atoms with van der Waals surface area (Å²) in [6.45, 7) is 30.2. The van der Waals surface area contributed by atoms with Crippen molar-refractivity contribution in [2.45, 2.75) is 47.1 Å². The van der Waals surface area contributed by atoms with Gasteiger partial charge in [0.1, 0.15) is 0 Å². The maximum absolute atomic E-state index is 4.33. The van der Waals surface area contributed by atoms with Crippen molar-refractivity contribution < 1.29 is 0 Å². The molecule has 0 fully saturated rings. The van der Waals surface area contributed by atoms with Crippen LogP contribution in [-0.2, 0) is 28.2 Å². The highest BCUT2D eigenvalue weighted by Gasteiger charge is 2.20. The van der Waals surface area contributed by atoms with E-state index in [0.717, 1.165) is 68.2 Å². The Morgan fingerprint density at radius 3 is 1.14 bits per heavy atom. The molecule has 0 atom stereocenters. The van der Waals surface area contributed by atoms with Crippen molar-refractivity contribution in [3.63, 3.8) is 0 Å². The lowest BCUT2D eigenvalue weighted by molar-refractivity contribution is 0.562. The number of allylic oxidation sites excluding steroid dienone is 1. The fourth-order valence-electron chi connectivity index (χ4n) is 5.26. The molecule has 4 N–H and O–H groups in total. The van der Waals surface area contributed by atoms with Crippen LogP contribution in [-0.4, -0.2) is 23.8 Å². The standard InChI is InChI=1S/C36H50N8/c1-23(35(5,6)7)31-15-27(19-41(31)11)37-24(2)32-16-28(20-42(32)12)38-25(3)33-17-29(21-43(33)13)39-26(4)34-18-30(22-44(34)14)40-36(8,9)10/h15-22,37-40H,1-4H2,5-14H3. The van der Waals surface area contributed by atoms with Gasteiger partial charge in [-0.1, -0.05) is 47.1 Å². The van der Waals surface area contributed by atoms with Crippen molar-refractivity contribution in [1.82, 2.24) is 18.3 Å². The Labute approximate surface area is 263 Å². The highest BCUT2D eigenvalue weighted by Crippen LogP contribution is 2.35.